The second-order valence-corrected chi connectivity index (χ2v) is 4.48. The molecular formula is C14H11ClN4O2. The van der Waals surface area contributed by atoms with Crippen molar-refractivity contribution in [2.24, 2.45) is 0 Å². The molecule has 0 aliphatic carbocycles. The molecule has 0 saturated carbocycles. The molecule has 1 N–H and O–H groups in total. The minimum Gasteiger partial charge on any atom is -0.477 e. The van der Waals surface area contributed by atoms with Crippen molar-refractivity contribution in [3.05, 3.63) is 47.0 Å². The van der Waals surface area contributed by atoms with Crippen LogP contribution in [0.1, 0.15) is 27.3 Å². The van der Waals surface area contributed by atoms with Crippen molar-refractivity contribution < 1.29 is 9.90 Å². The third-order valence-electron chi connectivity index (χ3n) is 2.66. The topological polar surface area (TPSA) is 91.8 Å². The van der Waals surface area contributed by atoms with E-state index in [0.29, 0.717) is 23.7 Å². The van der Waals surface area contributed by atoms with E-state index in [9.17, 15) is 4.79 Å². The zero-order chi connectivity index (χ0) is 15.2. The quantitative estimate of drug-likeness (QED) is 0.855. The highest BCUT2D eigenvalue weighted by Gasteiger charge is 2.08. The molecule has 0 amide bonds. The number of carboxylic acids is 1. The zero-order valence-electron chi connectivity index (χ0n) is 10.9. The molecule has 7 heteroatoms. The lowest BCUT2D eigenvalue weighted by Gasteiger charge is -1.99. The summed E-state index contributed by atoms with van der Waals surface area (Å²) in [6.45, 7) is 0.603. The minimum atomic E-state index is -1.14. The number of pyridine rings is 1. The van der Waals surface area contributed by atoms with Crippen LogP contribution in [-0.2, 0) is 6.54 Å². The fraction of sp³-hybridized carbons (Fsp3) is 0.143. The third-order valence-corrected chi connectivity index (χ3v) is 2.83. The lowest BCUT2D eigenvalue weighted by molar-refractivity contribution is 0.0690. The molecule has 0 radical (unpaired) electrons. The number of alkyl halides is 1. The molecule has 2 rings (SSSR count). The lowest BCUT2D eigenvalue weighted by Crippen LogP contribution is -2.02. The van der Waals surface area contributed by atoms with E-state index < -0.39 is 5.97 Å². The summed E-state index contributed by atoms with van der Waals surface area (Å²) < 4.78 is 1.69. The first-order chi connectivity index (χ1) is 10.1. The Morgan fingerprint density at radius 3 is 2.95 bits per heavy atom. The molecule has 0 saturated heterocycles. The lowest BCUT2D eigenvalue weighted by atomic mass is 10.1. The van der Waals surface area contributed by atoms with Crippen LogP contribution in [0.25, 0.3) is 12.2 Å². The van der Waals surface area contributed by atoms with Crippen molar-refractivity contribution in [2.75, 3.05) is 5.88 Å². The van der Waals surface area contributed by atoms with Crippen molar-refractivity contribution in [1.82, 2.24) is 14.8 Å². The minimum absolute atomic E-state index is 0.105. The van der Waals surface area contributed by atoms with Gasteiger partial charge in [0.1, 0.15) is 11.8 Å². The summed E-state index contributed by atoms with van der Waals surface area (Å²) in [6.07, 6.45) is 6.75. The van der Waals surface area contributed by atoms with Crippen LogP contribution >= 0.6 is 11.6 Å². The Morgan fingerprint density at radius 2 is 2.29 bits per heavy atom. The van der Waals surface area contributed by atoms with Crippen molar-refractivity contribution in [3.63, 3.8) is 0 Å². The van der Waals surface area contributed by atoms with Crippen molar-refractivity contribution in [3.8, 4) is 6.07 Å². The predicted octanol–water partition coefficient (Wildman–Crippen LogP) is 2.26. The number of nitriles is 1. The number of hydrogen-bond acceptors (Lipinski definition) is 4. The van der Waals surface area contributed by atoms with E-state index in [0.717, 1.165) is 5.56 Å². The first-order valence-electron chi connectivity index (χ1n) is 6.05. The molecule has 0 aromatic carbocycles. The number of aromatic carboxylic acids is 1. The molecule has 21 heavy (non-hydrogen) atoms. The standard InChI is InChI=1S/C14H11ClN4O2/c15-5-6-19-9-10(8-17-19)1-3-12-11(7-16)2-4-13(18-12)14(20)21/h1-4,8-9H,5-6H2,(H,20,21)/b3-1+. The summed E-state index contributed by atoms with van der Waals surface area (Å²) in [6, 6.07) is 4.72. The monoisotopic (exact) mass is 302 g/mol. The zero-order valence-corrected chi connectivity index (χ0v) is 11.7. The van der Waals surface area contributed by atoms with E-state index in [1.165, 1.54) is 12.1 Å². The molecule has 0 aliphatic rings. The van der Waals surface area contributed by atoms with Crippen LogP contribution in [0.2, 0.25) is 0 Å². The average Bonchev–Trinajstić information content (AvgIpc) is 2.92. The largest absolute Gasteiger partial charge is 0.477 e. The maximum atomic E-state index is 10.9. The summed E-state index contributed by atoms with van der Waals surface area (Å²) in [7, 11) is 0. The Hall–Kier alpha value is -2.65. The fourth-order valence-electron chi connectivity index (χ4n) is 1.67. The number of halogens is 1. The number of carboxylic acid groups (broad SMARTS) is 1. The average molecular weight is 303 g/mol. The Morgan fingerprint density at radius 1 is 1.48 bits per heavy atom. The molecule has 0 spiro atoms. The number of rotatable bonds is 5. The summed E-state index contributed by atoms with van der Waals surface area (Å²) >= 11 is 5.62. The molecule has 106 valence electrons. The van der Waals surface area contributed by atoms with Crippen LogP contribution in [0.5, 0.6) is 0 Å². The Kier molecular flexibility index (Phi) is 4.69. The van der Waals surface area contributed by atoms with Crippen LogP contribution in [0, 0.1) is 11.3 Å². The molecule has 0 atom stereocenters. The third kappa shape index (κ3) is 3.68. The molecule has 2 aromatic rings. The number of nitrogens with zero attached hydrogens (tertiary/aromatic N) is 4. The fourth-order valence-corrected chi connectivity index (χ4v) is 1.84. The van der Waals surface area contributed by atoms with Gasteiger partial charge in [-0.15, -0.1) is 11.6 Å². The summed E-state index contributed by atoms with van der Waals surface area (Å²) in [5.74, 6) is -0.671. The van der Waals surface area contributed by atoms with Gasteiger partial charge in [-0.1, -0.05) is 0 Å². The van der Waals surface area contributed by atoms with Crippen molar-refractivity contribution in [1.29, 1.82) is 5.26 Å². The van der Waals surface area contributed by atoms with E-state index in [1.54, 1.807) is 29.2 Å². The summed E-state index contributed by atoms with van der Waals surface area (Å²) in [5.41, 5.74) is 1.32. The van der Waals surface area contributed by atoms with Gasteiger partial charge in [-0.25, -0.2) is 9.78 Å². The Balaban J connectivity index is 2.28. The first-order valence-corrected chi connectivity index (χ1v) is 6.58. The molecule has 2 heterocycles. The second kappa shape index (κ2) is 6.68. The molecule has 6 nitrogen and oxygen atoms in total. The van der Waals surface area contributed by atoms with Gasteiger partial charge in [0, 0.05) is 17.6 Å². The molecule has 0 unspecified atom stereocenters. The number of aryl methyl sites for hydroxylation is 1. The van der Waals surface area contributed by atoms with Gasteiger partial charge in [-0.3, -0.25) is 4.68 Å². The van der Waals surface area contributed by atoms with Gasteiger partial charge >= 0.3 is 5.97 Å². The highest BCUT2D eigenvalue weighted by atomic mass is 35.5. The maximum absolute atomic E-state index is 10.9. The highest BCUT2D eigenvalue weighted by Crippen LogP contribution is 2.12. The SMILES string of the molecule is N#Cc1ccc(C(=O)O)nc1/C=C/c1cnn(CCCl)c1. The maximum Gasteiger partial charge on any atom is 0.354 e. The molecule has 0 bridgehead atoms. The molecular weight excluding hydrogens is 292 g/mol. The van der Waals surface area contributed by atoms with Crippen LogP contribution in [0.3, 0.4) is 0 Å². The van der Waals surface area contributed by atoms with E-state index in [1.807, 2.05) is 6.07 Å². The number of carbonyl (C=O) groups is 1. The van der Waals surface area contributed by atoms with Crippen LogP contribution in [-0.4, -0.2) is 31.7 Å². The van der Waals surface area contributed by atoms with Crippen LogP contribution < -0.4 is 0 Å². The first kappa shape index (κ1) is 14.8. The van der Waals surface area contributed by atoms with E-state index in [2.05, 4.69) is 10.1 Å². The van der Waals surface area contributed by atoms with Gasteiger partial charge in [0.05, 0.1) is 24.0 Å². The van der Waals surface area contributed by atoms with Crippen LogP contribution in [0.4, 0.5) is 0 Å². The van der Waals surface area contributed by atoms with Crippen molar-refractivity contribution >= 4 is 29.7 Å². The van der Waals surface area contributed by atoms with Gasteiger partial charge < -0.3 is 5.11 Å². The van der Waals surface area contributed by atoms with Gasteiger partial charge in [0.25, 0.3) is 0 Å². The normalized spacial score (nSPS) is 10.7. The Labute approximate surface area is 125 Å². The molecule has 0 aliphatic heterocycles. The smallest absolute Gasteiger partial charge is 0.354 e. The van der Waals surface area contributed by atoms with E-state index in [4.69, 9.17) is 22.0 Å². The van der Waals surface area contributed by atoms with Gasteiger partial charge in [0.2, 0.25) is 0 Å². The second-order valence-electron chi connectivity index (χ2n) is 4.11. The van der Waals surface area contributed by atoms with Crippen molar-refractivity contribution in [2.45, 2.75) is 6.54 Å². The Bertz CT molecular complexity index is 731. The molecule has 0 fully saturated rings. The molecule has 2 aromatic heterocycles. The van der Waals surface area contributed by atoms with E-state index in [-0.39, 0.29) is 5.69 Å². The number of aromatic nitrogens is 3. The van der Waals surface area contributed by atoms with Gasteiger partial charge in [-0.2, -0.15) is 10.4 Å². The summed E-state index contributed by atoms with van der Waals surface area (Å²) in [4.78, 5) is 14.9. The van der Waals surface area contributed by atoms with Gasteiger partial charge in [-0.05, 0) is 24.3 Å². The predicted molar refractivity (Wildman–Crippen MR) is 77.8 cm³/mol. The van der Waals surface area contributed by atoms with Crippen LogP contribution in [0.15, 0.2) is 24.5 Å². The van der Waals surface area contributed by atoms with Gasteiger partial charge in [0.15, 0.2) is 0 Å². The summed E-state index contributed by atoms with van der Waals surface area (Å²) in [5, 5.41) is 22.0. The highest BCUT2D eigenvalue weighted by molar-refractivity contribution is 6.17. The van der Waals surface area contributed by atoms with E-state index >= 15 is 0 Å². The number of hydrogen-bond donors (Lipinski definition) is 1.